The van der Waals surface area contributed by atoms with Crippen molar-refractivity contribution >= 4 is 10.0 Å². The van der Waals surface area contributed by atoms with Crippen LogP contribution in [-0.4, -0.2) is 45.4 Å². The molecule has 1 aliphatic rings. The molecule has 134 valence electrons. The van der Waals surface area contributed by atoms with Crippen LogP contribution in [0.25, 0.3) is 0 Å². The fourth-order valence-corrected chi connectivity index (χ4v) is 4.00. The Hall–Kier alpha value is -1.38. The van der Waals surface area contributed by atoms with Crippen LogP contribution in [0, 0.1) is 0 Å². The van der Waals surface area contributed by atoms with Crippen LogP contribution in [0.15, 0.2) is 40.8 Å². The van der Waals surface area contributed by atoms with Crippen molar-refractivity contribution in [3.8, 4) is 0 Å². The van der Waals surface area contributed by atoms with Gasteiger partial charge in [-0.2, -0.15) is 17.5 Å². The summed E-state index contributed by atoms with van der Waals surface area (Å²) < 4.78 is 64.2. The lowest BCUT2D eigenvalue weighted by Crippen LogP contribution is -3.14. The summed E-state index contributed by atoms with van der Waals surface area (Å²) in [6, 6.07) is 3.67. The molecule has 0 unspecified atom stereocenters. The zero-order chi connectivity index (χ0) is 18.0. The summed E-state index contributed by atoms with van der Waals surface area (Å²) in [5.74, 6) is 0. The highest BCUT2D eigenvalue weighted by Crippen LogP contribution is 2.30. The minimum absolute atomic E-state index is 0.0942. The van der Waals surface area contributed by atoms with Crippen LogP contribution in [0.4, 0.5) is 13.2 Å². The van der Waals surface area contributed by atoms with E-state index in [1.54, 1.807) is 0 Å². The molecule has 0 radical (unpaired) electrons. The highest BCUT2D eigenvalue weighted by Gasteiger charge is 2.33. The minimum atomic E-state index is -4.47. The average molecular weight is 363 g/mol. The molecule has 8 heteroatoms. The summed E-state index contributed by atoms with van der Waals surface area (Å²) in [5.41, 5.74) is 0.375. The highest BCUT2D eigenvalue weighted by molar-refractivity contribution is 7.89. The Morgan fingerprint density at radius 2 is 1.71 bits per heavy atom. The van der Waals surface area contributed by atoms with Gasteiger partial charge in [0.15, 0.2) is 0 Å². The predicted molar refractivity (Wildman–Crippen MR) is 85.2 cm³/mol. The largest absolute Gasteiger partial charge is 0.416 e. The second-order valence-corrected chi connectivity index (χ2v) is 8.10. The SMILES string of the molecule is CC(C)=CC[NH+]1CCN(S(=O)(=O)c2ccc(C(F)(F)F)cc2)CC1. The van der Waals surface area contributed by atoms with Gasteiger partial charge in [-0.15, -0.1) is 0 Å². The lowest BCUT2D eigenvalue weighted by atomic mass is 10.2. The van der Waals surface area contributed by atoms with Gasteiger partial charge in [0.25, 0.3) is 0 Å². The van der Waals surface area contributed by atoms with Gasteiger partial charge in [0.2, 0.25) is 10.0 Å². The highest BCUT2D eigenvalue weighted by atomic mass is 32.2. The summed E-state index contributed by atoms with van der Waals surface area (Å²) in [6.45, 7) is 7.00. The van der Waals surface area contributed by atoms with E-state index in [0.29, 0.717) is 26.2 Å². The first-order valence-electron chi connectivity index (χ1n) is 7.75. The molecule has 0 aliphatic carbocycles. The smallest absolute Gasteiger partial charge is 0.329 e. The third-order valence-electron chi connectivity index (χ3n) is 4.05. The molecule has 2 rings (SSSR count). The topological polar surface area (TPSA) is 41.8 Å². The number of benzene rings is 1. The van der Waals surface area contributed by atoms with Crippen LogP contribution >= 0.6 is 0 Å². The third-order valence-corrected chi connectivity index (χ3v) is 5.96. The van der Waals surface area contributed by atoms with Gasteiger partial charge in [-0.05, 0) is 44.2 Å². The van der Waals surface area contributed by atoms with E-state index in [9.17, 15) is 21.6 Å². The van der Waals surface area contributed by atoms with Gasteiger partial charge >= 0.3 is 6.18 Å². The first kappa shape index (κ1) is 19.0. The van der Waals surface area contributed by atoms with Crippen LogP contribution in [0.3, 0.4) is 0 Å². The average Bonchev–Trinajstić information content (AvgIpc) is 2.52. The van der Waals surface area contributed by atoms with Gasteiger partial charge in [-0.3, -0.25) is 0 Å². The molecule has 4 nitrogen and oxygen atoms in total. The van der Waals surface area contributed by atoms with Crippen molar-refractivity contribution in [1.82, 2.24) is 4.31 Å². The molecule has 0 aromatic heterocycles. The van der Waals surface area contributed by atoms with E-state index in [0.717, 1.165) is 30.8 Å². The molecule has 1 heterocycles. The van der Waals surface area contributed by atoms with Crippen molar-refractivity contribution < 1.29 is 26.5 Å². The number of sulfonamides is 1. The molecule has 0 spiro atoms. The number of quaternary nitrogens is 1. The maximum atomic E-state index is 12.6. The van der Waals surface area contributed by atoms with E-state index in [4.69, 9.17) is 0 Å². The van der Waals surface area contributed by atoms with E-state index in [1.807, 2.05) is 13.8 Å². The molecule has 0 amide bonds. The van der Waals surface area contributed by atoms with Gasteiger partial charge in [0.1, 0.15) is 0 Å². The summed E-state index contributed by atoms with van der Waals surface area (Å²) in [4.78, 5) is 1.21. The Morgan fingerprint density at radius 1 is 1.17 bits per heavy atom. The summed E-state index contributed by atoms with van der Waals surface area (Å²) in [7, 11) is -3.74. The van der Waals surface area contributed by atoms with Gasteiger partial charge in [-0.25, -0.2) is 8.42 Å². The van der Waals surface area contributed by atoms with Gasteiger partial charge in [-0.1, -0.05) is 5.57 Å². The normalized spacial score (nSPS) is 17.7. The first-order chi connectivity index (χ1) is 11.1. The molecular formula is C16H22F3N2O2S+. The maximum absolute atomic E-state index is 12.6. The molecule has 1 N–H and O–H groups in total. The number of nitrogens with zero attached hydrogens (tertiary/aromatic N) is 1. The molecule has 0 saturated carbocycles. The van der Waals surface area contributed by atoms with E-state index in [-0.39, 0.29) is 4.90 Å². The van der Waals surface area contributed by atoms with Crippen molar-refractivity contribution in [2.45, 2.75) is 24.9 Å². The first-order valence-corrected chi connectivity index (χ1v) is 9.19. The fourth-order valence-electron chi connectivity index (χ4n) is 2.56. The van der Waals surface area contributed by atoms with Crippen LogP contribution < -0.4 is 4.90 Å². The van der Waals surface area contributed by atoms with Gasteiger partial charge in [0, 0.05) is 0 Å². The monoisotopic (exact) mass is 363 g/mol. The van der Waals surface area contributed by atoms with Crippen molar-refractivity contribution in [2.75, 3.05) is 32.7 Å². The number of hydrogen-bond acceptors (Lipinski definition) is 2. The maximum Gasteiger partial charge on any atom is 0.416 e. The minimum Gasteiger partial charge on any atom is -0.329 e. The quantitative estimate of drug-likeness (QED) is 0.825. The molecule has 1 aromatic rings. The number of allylic oxidation sites excluding steroid dienone is 1. The van der Waals surface area contributed by atoms with Crippen LogP contribution in [0.5, 0.6) is 0 Å². The van der Waals surface area contributed by atoms with Gasteiger partial charge in [0.05, 0.1) is 43.2 Å². The van der Waals surface area contributed by atoms with Crippen molar-refractivity contribution in [3.63, 3.8) is 0 Å². The molecular weight excluding hydrogens is 341 g/mol. The Balaban J connectivity index is 2.05. The summed E-state index contributed by atoms with van der Waals surface area (Å²) in [5, 5.41) is 0. The van der Waals surface area contributed by atoms with Gasteiger partial charge < -0.3 is 4.90 Å². The van der Waals surface area contributed by atoms with Crippen LogP contribution in [0.2, 0.25) is 0 Å². The molecule has 0 bridgehead atoms. The van der Waals surface area contributed by atoms with E-state index < -0.39 is 21.8 Å². The van der Waals surface area contributed by atoms with E-state index in [1.165, 1.54) is 14.8 Å². The van der Waals surface area contributed by atoms with Crippen molar-refractivity contribution in [3.05, 3.63) is 41.5 Å². The number of nitrogens with one attached hydrogen (secondary N) is 1. The third kappa shape index (κ3) is 4.58. The molecule has 1 fully saturated rings. The Morgan fingerprint density at radius 3 is 2.17 bits per heavy atom. The second kappa shape index (κ2) is 7.25. The Bertz CT molecular complexity index is 685. The number of piperazine rings is 1. The number of alkyl halides is 3. The van der Waals surface area contributed by atoms with Crippen molar-refractivity contribution in [1.29, 1.82) is 0 Å². The van der Waals surface area contributed by atoms with Crippen LogP contribution in [0.1, 0.15) is 19.4 Å². The molecule has 1 aliphatic heterocycles. The number of halogens is 3. The zero-order valence-electron chi connectivity index (χ0n) is 13.7. The lowest BCUT2D eigenvalue weighted by molar-refractivity contribution is -0.897. The second-order valence-electron chi connectivity index (χ2n) is 6.16. The molecule has 1 aromatic carbocycles. The predicted octanol–water partition coefficient (Wildman–Crippen LogP) is 1.56. The molecule has 0 atom stereocenters. The molecule has 24 heavy (non-hydrogen) atoms. The number of rotatable bonds is 4. The van der Waals surface area contributed by atoms with E-state index >= 15 is 0 Å². The Kier molecular flexibility index (Phi) is 5.72. The fraction of sp³-hybridized carbons (Fsp3) is 0.500. The Labute approximate surface area is 140 Å². The van der Waals surface area contributed by atoms with Crippen molar-refractivity contribution in [2.24, 2.45) is 0 Å². The lowest BCUT2D eigenvalue weighted by Gasteiger charge is -2.31. The standard InChI is InChI=1S/C16H21F3N2O2S/c1-13(2)7-8-20-9-11-21(12-10-20)24(22,23)15-5-3-14(4-6-15)16(17,18)19/h3-7H,8-12H2,1-2H3/p+1. The summed E-state index contributed by atoms with van der Waals surface area (Å²) in [6.07, 6.45) is -2.35. The summed E-state index contributed by atoms with van der Waals surface area (Å²) >= 11 is 0. The van der Waals surface area contributed by atoms with E-state index in [2.05, 4.69) is 6.08 Å². The number of hydrogen-bond donors (Lipinski definition) is 1. The molecule has 1 saturated heterocycles. The zero-order valence-corrected chi connectivity index (χ0v) is 14.5. The van der Waals surface area contributed by atoms with Crippen LogP contribution in [-0.2, 0) is 16.2 Å².